The van der Waals surface area contributed by atoms with Gasteiger partial charge in [-0.05, 0) is 57.9 Å². The summed E-state index contributed by atoms with van der Waals surface area (Å²) in [6.45, 7) is 1.45. The molecule has 7 heteroatoms. The average molecular weight is 430 g/mol. The summed E-state index contributed by atoms with van der Waals surface area (Å²) in [5, 5.41) is 7.14. The first-order chi connectivity index (χ1) is 13.2. The number of nitrogens with zero attached hydrogens (tertiary/aromatic N) is 2. The van der Waals surface area contributed by atoms with Gasteiger partial charge in [0, 0.05) is 25.4 Å². The van der Waals surface area contributed by atoms with E-state index in [1.807, 2.05) is 42.6 Å². The highest BCUT2D eigenvalue weighted by atomic mass is 79.9. The van der Waals surface area contributed by atoms with E-state index >= 15 is 0 Å². The number of methoxy groups -OCH3 is 1. The highest BCUT2D eigenvalue weighted by Gasteiger charge is 2.07. The van der Waals surface area contributed by atoms with Crippen LogP contribution in [0.3, 0.4) is 0 Å². The molecule has 0 aliphatic rings. The zero-order valence-electron chi connectivity index (χ0n) is 14.9. The molecular weight excluding hydrogens is 410 g/mol. The molecule has 1 heterocycles. The van der Waals surface area contributed by atoms with E-state index in [1.165, 1.54) is 0 Å². The maximum absolute atomic E-state index is 12.4. The Balaban J connectivity index is 1.57. The van der Waals surface area contributed by atoms with E-state index in [1.54, 1.807) is 30.1 Å². The molecule has 0 aliphatic heterocycles. The second kappa shape index (κ2) is 9.34. The van der Waals surface area contributed by atoms with Crippen LogP contribution in [0, 0.1) is 0 Å². The Morgan fingerprint density at radius 2 is 2.00 bits per heavy atom. The normalized spacial score (nSPS) is 10.6. The Morgan fingerprint density at radius 3 is 2.70 bits per heavy atom. The molecule has 1 aromatic heterocycles. The first-order valence-electron chi connectivity index (χ1n) is 8.45. The lowest BCUT2D eigenvalue weighted by Crippen LogP contribution is -2.22. The van der Waals surface area contributed by atoms with Gasteiger partial charge in [-0.15, -0.1) is 0 Å². The fraction of sp³-hybridized carbons (Fsp3) is 0.200. The molecule has 0 unspecified atom stereocenters. The van der Waals surface area contributed by atoms with Crippen LogP contribution in [0.15, 0.2) is 65.4 Å². The summed E-state index contributed by atoms with van der Waals surface area (Å²) in [6.07, 6.45) is 3.57. The molecule has 0 radical (unpaired) electrons. The van der Waals surface area contributed by atoms with Gasteiger partial charge in [-0.25, -0.2) is 4.68 Å². The molecule has 1 N–H and O–H groups in total. The fourth-order valence-electron chi connectivity index (χ4n) is 2.48. The summed E-state index contributed by atoms with van der Waals surface area (Å²) in [6, 6.07) is 14.9. The van der Waals surface area contributed by atoms with Crippen LogP contribution in [-0.4, -0.2) is 36.0 Å². The minimum atomic E-state index is -0.131. The quantitative estimate of drug-likeness (QED) is 0.555. The van der Waals surface area contributed by atoms with Crippen molar-refractivity contribution in [3.05, 3.63) is 76.5 Å². The molecule has 0 saturated carbocycles. The van der Waals surface area contributed by atoms with Crippen LogP contribution < -0.4 is 10.1 Å². The third kappa shape index (κ3) is 5.42. The summed E-state index contributed by atoms with van der Waals surface area (Å²) in [7, 11) is 1.63. The van der Waals surface area contributed by atoms with Crippen molar-refractivity contribution in [3.8, 4) is 11.4 Å². The topological polar surface area (TPSA) is 65.4 Å². The Hall–Kier alpha value is -2.64. The summed E-state index contributed by atoms with van der Waals surface area (Å²) in [4.78, 5) is 12.4. The first-order valence-corrected chi connectivity index (χ1v) is 9.24. The van der Waals surface area contributed by atoms with Gasteiger partial charge in [-0.2, -0.15) is 5.10 Å². The number of benzene rings is 2. The predicted octanol–water partition coefficient (Wildman–Crippen LogP) is 3.59. The maximum atomic E-state index is 12.4. The smallest absolute Gasteiger partial charge is 0.251 e. The number of halogens is 1. The van der Waals surface area contributed by atoms with Crippen molar-refractivity contribution in [3.63, 3.8) is 0 Å². The van der Waals surface area contributed by atoms with Crippen molar-refractivity contribution in [1.82, 2.24) is 15.1 Å². The molecule has 3 aromatic rings. The minimum absolute atomic E-state index is 0.131. The molecule has 140 valence electrons. The van der Waals surface area contributed by atoms with Crippen LogP contribution in [0.4, 0.5) is 0 Å². The molecule has 2 aromatic carbocycles. The van der Waals surface area contributed by atoms with Gasteiger partial charge >= 0.3 is 0 Å². The number of amides is 1. The maximum Gasteiger partial charge on any atom is 0.251 e. The third-order valence-electron chi connectivity index (χ3n) is 3.85. The molecule has 6 nitrogen and oxygen atoms in total. The molecule has 0 aliphatic carbocycles. The number of hydrogen-bond acceptors (Lipinski definition) is 4. The van der Waals surface area contributed by atoms with E-state index < -0.39 is 0 Å². The van der Waals surface area contributed by atoms with E-state index in [0.717, 1.165) is 21.5 Å². The van der Waals surface area contributed by atoms with Gasteiger partial charge in [-0.3, -0.25) is 4.79 Å². The second-order valence-electron chi connectivity index (χ2n) is 5.82. The van der Waals surface area contributed by atoms with Gasteiger partial charge in [0.2, 0.25) is 0 Å². The van der Waals surface area contributed by atoms with Crippen LogP contribution >= 0.6 is 15.9 Å². The molecular formula is C20H20BrN3O3. The van der Waals surface area contributed by atoms with Gasteiger partial charge in [0.1, 0.15) is 12.4 Å². The van der Waals surface area contributed by atoms with E-state index in [0.29, 0.717) is 25.3 Å². The predicted molar refractivity (Wildman–Crippen MR) is 106 cm³/mol. The zero-order chi connectivity index (χ0) is 19.1. The summed E-state index contributed by atoms with van der Waals surface area (Å²) in [5.41, 5.74) is 2.45. The van der Waals surface area contributed by atoms with E-state index in [2.05, 4.69) is 26.3 Å². The van der Waals surface area contributed by atoms with Crippen molar-refractivity contribution in [1.29, 1.82) is 0 Å². The molecule has 3 rings (SSSR count). The Kier molecular flexibility index (Phi) is 6.62. The summed E-state index contributed by atoms with van der Waals surface area (Å²) in [5.74, 6) is 0.627. The number of ether oxygens (including phenoxy) is 2. The zero-order valence-corrected chi connectivity index (χ0v) is 16.5. The van der Waals surface area contributed by atoms with Crippen LogP contribution in [0.5, 0.6) is 5.75 Å². The number of carbonyl (C=O) groups is 1. The Labute approximate surface area is 166 Å². The molecule has 0 atom stereocenters. The highest BCUT2D eigenvalue weighted by molar-refractivity contribution is 9.10. The highest BCUT2D eigenvalue weighted by Crippen LogP contribution is 2.15. The van der Waals surface area contributed by atoms with Gasteiger partial charge < -0.3 is 14.8 Å². The van der Waals surface area contributed by atoms with Crippen LogP contribution in [0.1, 0.15) is 15.9 Å². The molecule has 1 amide bonds. The van der Waals surface area contributed by atoms with Gasteiger partial charge in [0.25, 0.3) is 5.91 Å². The number of rotatable bonds is 8. The molecule has 27 heavy (non-hydrogen) atoms. The van der Waals surface area contributed by atoms with Crippen molar-refractivity contribution in [2.75, 3.05) is 20.3 Å². The van der Waals surface area contributed by atoms with E-state index in [4.69, 9.17) is 9.47 Å². The van der Waals surface area contributed by atoms with Crippen molar-refractivity contribution in [2.24, 2.45) is 0 Å². The number of nitrogens with one attached hydrogen (secondary N) is 1. The number of carbonyl (C=O) groups excluding carboxylic acids is 1. The van der Waals surface area contributed by atoms with Crippen LogP contribution in [0.25, 0.3) is 5.69 Å². The van der Waals surface area contributed by atoms with Crippen LogP contribution in [-0.2, 0) is 11.3 Å². The summed E-state index contributed by atoms with van der Waals surface area (Å²) < 4.78 is 13.2. The third-order valence-corrected chi connectivity index (χ3v) is 4.26. The number of aromatic nitrogens is 2. The average Bonchev–Trinajstić information content (AvgIpc) is 3.13. The lowest BCUT2D eigenvalue weighted by molar-refractivity contribution is 0.0951. The molecule has 0 bridgehead atoms. The SMILES string of the molecule is COCCOc1cccc(CNC(=O)c2ccc(-n3cc(Br)cn3)cc2)c1. The van der Waals surface area contributed by atoms with E-state index in [-0.39, 0.29) is 5.91 Å². The van der Waals surface area contributed by atoms with Gasteiger partial charge in [0.05, 0.1) is 23.0 Å². The molecule has 0 fully saturated rings. The fourth-order valence-corrected chi connectivity index (χ4v) is 2.77. The van der Waals surface area contributed by atoms with Gasteiger partial charge in [-0.1, -0.05) is 12.1 Å². The van der Waals surface area contributed by atoms with Crippen molar-refractivity contribution in [2.45, 2.75) is 6.54 Å². The second-order valence-corrected chi connectivity index (χ2v) is 6.74. The Morgan fingerprint density at radius 1 is 1.19 bits per heavy atom. The molecule has 0 spiro atoms. The van der Waals surface area contributed by atoms with Crippen molar-refractivity contribution < 1.29 is 14.3 Å². The Bertz CT molecular complexity index is 893. The minimum Gasteiger partial charge on any atom is -0.491 e. The largest absolute Gasteiger partial charge is 0.491 e. The summed E-state index contributed by atoms with van der Waals surface area (Å²) >= 11 is 3.37. The lowest BCUT2D eigenvalue weighted by atomic mass is 10.1. The lowest BCUT2D eigenvalue weighted by Gasteiger charge is -2.09. The monoisotopic (exact) mass is 429 g/mol. The number of hydrogen-bond donors (Lipinski definition) is 1. The van der Waals surface area contributed by atoms with E-state index in [9.17, 15) is 4.79 Å². The first kappa shape index (κ1) is 19.1. The van der Waals surface area contributed by atoms with Crippen molar-refractivity contribution >= 4 is 21.8 Å². The standard InChI is InChI=1S/C20H20BrN3O3/c1-26-9-10-27-19-4-2-3-15(11-19)12-22-20(25)16-5-7-18(8-6-16)24-14-17(21)13-23-24/h2-8,11,13-14H,9-10,12H2,1H3,(H,22,25). The van der Waals surface area contributed by atoms with Gasteiger partial charge in [0.15, 0.2) is 0 Å². The van der Waals surface area contributed by atoms with Crippen LogP contribution in [0.2, 0.25) is 0 Å². The molecule has 0 saturated heterocycles.